The Hall–Kier alpha value is -0.900. The molecule has 0 rings (SSSR count). The summed E-state index contributed by atoms with van der Waals surface area (Å²) in [6.07, 6.45) is 0.812. The highest BCUT2D eigenvalue weighted by Crippen LogP contribution is 2.05. The lowest BCUT2D eigenvalue weighted by molar-refractivity contribution is -0.128. The van der Waals surface area contributed by atoms with Crippen LogP contribution in [0.25, 0.3) is 0 Å². The van der Waals surface area contributed by atoms with Crippen molar-refractivity contribution in [2.45, 2.75) is 26.7 Å². The van der Waals surface area contributed by atoms with E-state index in [9.17, 15) is 9.59 Å². The number of Topliss-reactive ketones (excluding diaryl/α,β-unsaturated/α-hetero) is 1. The molecule has 0 heterocycles. The Morgan fingerprint density at radius 1 is 1.33 bits per heavy atom. The zero-order valence-electron chi connectivity index (χ0n) is 10.2. The molecule has 0 aliphatic heterocycles. The minimum atomic E-state index is -0.158. The molecule has 0 radical (unpaired) electrons. The zero-order chi connectivity index (χ0) is 11.8. The van der Waals surface area contributed by atoms with Crippen molar-refractivity contribution in [2.24, 2.45) is 5.92 Å². The summed E-state index contributed by atoms with van der Waals surface area (Å²) in [4.78, 5) is 24.6. The van der Waals surface area contributed by atoms with Crippen molar-refractivity contribution in [3.05, 3.63) is 0 Å². The molecule has 0 bridgehead atoms. The van der Waals surface area contributed by atoms with Crippen LogP contribution in [0, 0.1) is 5.92 Å². The van der Waals surface area contributed by atoms with Crippen LogP contribution < -0.4 is 5.32 Å². The second-order valence-electron chi connectivity index (χ2n) is 4.08. The van der Waals surface area contributed by atoms with Gasteiger partial charge in [-0.1, -0.05) is 13.8 Å². The normalized spacial score (nSPS) is 12.6. The van der Waals surface area contributed by atoms with Gasteiger partial charge in [0.2, 0.25) is 5.91 Å². The van der Waals surface area contributed by atoms with E-state index >= 15 is 0 Å². The van der Waals surface area contributed by atoms with Crippen LogP contribution in [0.15, 0.2) is 0 Å². The van der Waals surface area contributed by atoms with E-state index in [-0.39, 0.29) is 17.6 Å². The molecule has 0 saturated carbocycles. The molecule has 0 saturated heterocycles. The number of likely N-dealkylation sites (N-methyl/N-ethyl adjacent to an activating group) is 1. The second kappa shape index (κ2) is 7.40. The average Bonchev–Trinajstić information content (AvgIpc) is 2.15. The van der Waals surface area contributed by atoms with E-state index in [0.717, 1.165) is 6.54 Å². The van der Waals surface area contributed by atoms with Gasteiger partial charge >= 0.3 is 0 Å². The molecule has 0 fully saturated rings. The first-order valence-corrected chi connectivity index (χ1v) is 5.41. The summed E-state index contributed by atoms with van der Waals surface area (Å²) in [5.74, 6) is -0.0433. The van der Waals surface area contributed by atoms with Crippen LogP contribution in [-0.4, -0.2) is 43.8 Å². The Kier molecular flexibility index (Phi) is 6.96. The number of hydrogen-bond acceptors (Lipinski definition) is 3. The third-order valence-corrected chi connectivity index (χ3v) is 2.27. The van der Waals surface area contributed by atoms with Crippen LogP contribution in [0.3, 0.4) is 0 Å². The summed E-state index contributed by atoms with van der Waals surface area (Å²) in [6.45, 7) is 5.08. The lowest BCUT2D eigenvalue weighted by Gasteiger charge is -2.12. The molecular formula is C11H22N2O2. The van der Waals surface area contributed by atoms with E-state index in [4.69, 9.17) is 0 Å². The summed E-state index contributed by atoms with van der Waals surface area (Å²) in [6, 6.07) is 0. The van der Waals surface area contributed by atoms with Crippen molar-refractivity contribution in [3.8, 4) is 0 Å². The van der Waals surface area contributed by atoms with Gasteiger partial charge in [0.1, 0.15) is 5.78 Å². The zero-order valence-corrected chi connectivity index (χ0v) is 10.2. The van der Waals surface area contributed by atoms with Crippen molar-refractivity contribution in [2.75, 3.05) is 27.2 Å². The first-order chi connectivity index (χ1) is 6.97. The summed E-state index contributed by atoms with van der Waals surface area (Å²) in [5, 5.41) is 2.79. The number of carbonyl (C=O) groups excluding carboxylic acids is 2. The number of hydrogen-bond donors (Lipinski definition) is 1. The van der Waals surface area contributed by atoms with Crippen molar-refractivity contribution in [3.63, 3.8) is 0 Å². The molecular weight excluding hydrogens is 192 g/mol. The molecule has 0 aromatic carbocycles. The van der Waals surface area contributed by atoms with E-state index in [1.807, 2.05) is 25.9 Å². The van der Waals surface area contributed by atoms with Crippen LogP contribution in [0.4, 0.5) is 0 Å². The van der Waals surface area contributed by atoms with Gasteiger partial charge in [-0.2, -0.15) is 0 Å². The third kappa shape index (κ3) is 7.08. The highest BCUT2D eigenvalue weighted by molar-refractivity contribution is 5.86. The molecule has 0 aromatic rings. The molecule has 1 N–H and O–H groups in total. The van der Waals surface area contributed by atoms with E-state index < -0.39 is 0 Å². The van der Waals surface area contributed by atoms with E-state index in [2.05, 4.69) is 5.32 Å². The quantitative estimate of drug-likeness (QED) is 0.677. The molecule has 0 aromatic heterocycles. The Morgan fingerprint density at radius 3 is 2.40 bits per heavy atom. The maximum absolute atomic E-state index is 11.4. The van der Waals surface area contributed by atoms with Gasteiger partial charge in [-0.05, 0) is 14.1 Å². The topological polar surface area (TPSA) is 49.4 Å². The molecule has 1 atom stereocenters. The molecule has 1 unspecified atom stereocenters. The van der Waals surface area contributed by atoms with Crippen molar-refractivity contribution >= 4 is 11.7 Å². The summed E-state index contributed by atoms with van der Waals surface area (Å²) in [5.41, 5.74) is 0. The maximum Gasteiger partial charge on any atom is 0.220 e. The molecule has 1 amide bonds. The number of ketones is 1. The fraction of sp³-hybridized carbons (Fsp3) is 0.818. The Labute approximate surface area is 92.0 Å². The van der Waals surface area contributed by atoms with Crippen molar-refractivity contribution in [1.82, 2.24) is 10.2 Å². The van der Waals surface area contributed by atoms with Gasteiger partial charge in [0, 0.05) is 31.8 Å². The first kappa shape index (κ1) is 14.1. The summed E-state index contributed by atoms with van der Waals surface area (Å²) < 4.78 is 0. The molecule has 15 heavy (non-hydrogen) atoms. The lowest BCUT2D eigenvalue weighted by Crippen LogP contribution is -2.32. The number of nitrogens with one attached hydrogen (secondary N) is 1. The minimum absolute atomic E-state index is 0.0360. The largest absolute Gasteiger partial charge is 0.355 e. The monoisotopic (exact) mass is 214 g/mol. The average molecular weight is 214 g/mol. The highest BCUT2D eigenvalue weighted by Gasteiger charge is 2.14. The van der Waals surface area contributed by atoms with E-state index in [1.54, 1.807) is 6.92 Å². The first-order valence-electron chi connectivity index (χ1n) is 5.41. The SMILES string of the molecule is CCC(=O)C(C)CC(=O)NCCN(C)C. The van der Waals surface area contributed by atoms with Crippen LogP contribution in [0.2, 0.25) is 0 Å². The van der Waals surface area contributed by atoms with Crippen molar-refractivity contribution < 1.29 is 9.59 Å². The molecule has 4 heteroatoms. The lowest BCUT2D eigenvalue weighted by atomic mass is 10.0. The number of amides is 1. The smallest absolute Gasteiger partial charge is 0.220 e. The van der Waals surface area contributed by atoms with E-state index in [1.165, 1.54) is 0 Å². The van der Waals surface area contributed by atoms with Crippen LogP contribution in [0.1, 0.15) is 26.7 Å². The van der Waals surface area contributed by atoms with Gasteiger partial charge in [-0.3, -0.25) is 9.59 Å². The van der Waals surface area contributed by atoms with Crippen LogP contribution in [0.5, 0.6) is 0 Å². The molecule has 0 aliphatic carbocycles. The molecule has 0 spiro atoms. The summed E-state index contributed by atoms with van der Waals surface area (Å²) >= 11 is 0. The van der Waals surface area contributed by atoms with Gasteiger partial charge in [0.15, 0.2) is 0 Å². The third-order valence-electron chi connectivity index (χ3n) is 2.27. The summed E-state index contributed by atoms with van der Waals surface area (Å²) in [7, 11) is 3.91. The van der Waals surface area contributed by atoms with Crippen LogP contribution in [-0.2, 0) is 9.59 Å². The predicted octanol–water partition coefficient (Wildman–Crippen LogP) is 0.670. The Bertz CT molecular complexity index is 215. The van der Waals surface area contributed by atoms with Gasteiger partial charge in [-0.25, -0.2) is 0 Å². The molecule has 88 valence electrons. The number of carbonyl (C=O) groups is 2. The fourth-order valence-corrected chi connectivity index (χ4v) is 1.23. The number of nitrogens with zero attached hydrogens (tertiary/aromatic N) is 1. The minimum Gasteiger partial charge on any atom is -0.355 e. The Morgan fingerprint density at radius 2 is 1.93 bits per heavy atom. The highest BCUT2D eigenvalue weighted by atomic mass is 16.2. The fourth-order valence-electron chi connectivity index (χ4n) is 1.23. The second-order valence-corrected chi connectivity index (χ2v) is 4.08. The standard InChI is InChI=1S/C11H22N2O2/c1-5-10(14)9(2)8-11(15)12-6-7-13(3)4/h9H,5-8H2,1-4H3,(H,12,15). The molecule has 4 nitrogen and oxygen atoms in total. The van der Waals surface area contributed by atoms with Gasteiger partial charge < -0.3 is 10.2 Å². The van der Waals surface area contributed by atoms with E-state index in [0.29, 0.717) is 19.4 Å². The van der Waals surface area contributed by atoms with Gasteiger partial charge in [0.25, 0.3) is 0 Å². The predicted molar refractivity (Wildman–Crippen MR) is 60.6 cm³/mol. The van der Waals surface area contributed by atoms with Crippen molar-refractivity contribution in [1.29, 1.82) is 0 Å². The maximum atomic E-state index is 11.4. The Balaban J connectivity index is 3.69. The molecule has 0 aliphatic rings. The van der Waals surface area contributed by atoms with Gasteiger partial charge in [0.05, 0.1) is 0 Å². The number of rotatable bonds is 7. The van der Waals surface area contributed by atoms with Crippen LogP contribution >= 0.6 is 0 Å². The van der Waals surface area contributed by atoms with Gasteiger partial charge in [-0.15, -0.1) is 0 Å².